The number of halogens is 1. The molecule has 0 saturated carbocycles. The molecule has 11 heavy (non-hydrogen) atoms. The fourth-order valence-corrected chi connectivity index (χ4v) is 1.74. The summed E-state index contributed by atoms with van der Waals surface area (Å²) in [5.74, 6) is 2.62. The SMILES string of the molecule is C#CC(NC)c1csc(Cl)c1. The monoisotopic (exact) mass is 185 g/mol. The summed E-state index contributed by atoms with van der Waals surface area (Å²) in [5.41, 5.74) is 1.06. The van der Waals surface area contributed by atoms with Gasteiger partial charge in [0, 0.05) is 0 Å². The zero-order valence-corrected chi connectivity index (χ0v) is 7.67. The first-order valence-corrected chi connectivity index (χ1v) is 4.41. The molecule has 1 rings (SSSR count). The van der Waals surface area contributed by atoms with Gasteiger partial charge in [0.25, 0.3) is 0 Å². The molecule has 1 nitrogen and oxygen atoms in total. The van der Waals surface area contributed by atoms with Gasteiger partial charge in [-0.25, -0.2) is 0 Å². The van der Waals surface area contributed by atoms with Crippen molar-refractivity contribution in [2.75, 3.05) is 7.05 Å². The van der Waals surface area contributed by atoms with E-state index in [0.29, 0.717) is 0 Å². The highest BCUT2D eigenvalue weighted by Gasteiger charge is 2.06. The Balaban J connectivity index is 2.84. The quantitative estimate of drug-likeness (QED) is 0.698. The average Bonchev–Trinajstić information content (AvgIpc) is 2.39. The maximum atomic E-state index is 5.74. The molecule has 0 saturated heterocycles. The molecule has 0 aliphatic carbocycles. The van der Waals surface area contributed by atoms with Crippen LogP contribution < -0.4 is 5.32 Å². The molecule has 0 spiro atoms. The van der Waals surface area contributed by atoms with Gasteiger partial charge in [-0.1, -0.05) is 17.5 Å². The topological polar surface area (TPSA) is 12.0 Å². The summed E-state index contributed by atoms with van der Waals surface area (Å²) in [6, 6.07) is 1.87. The van der Waals surface area contributed by atoms with Crippen molar-refractivity contribution in [2.24, 2.45) is 0 Å². The Morgan fingerprint density at radius 3 is 2.91 bits per heavy atom. The van der Waals surface area contributed by atoms with E-state index in [1.54, 1.807) is 0 Å². The van der Waals surface area contributed by atoms with Gasteiger partial charge >= 0.3 is 0 Å². The van der Waals surface area contributed by atoms with Crippen molar-refractivity contribution in [3.63, 3.8) is 0 Å². The van der Waals surface area contributed by atoms with Gasteiger partial charge in [0.15, 0.2) is 0 Å². The maximum Gasteiger partial charge on any atom is 0.0949 e. The van der Waals surface area contributed by atoms with Gasteiger partial charge in [-0.15, -0.1) is 17.8 Å². The first-order chi connectivity index (χ1) is 5.27. The Morgan fingerprint density at radius 1 is 1.82 bits per heavy atom. The van der Waals surface area contributed by atoms with Crippen LogP contribution in [-0.4, -0.2) is 7.05 Å². The van der Waals surface area contributed by atoms with Gasteiger partial charge in [0.1, 0.15) is 0 Å². The molecule has 1 aromatic heterocycles. The summed E-state index contributed by atoms with van der Waals surface area (Å²) in [4.78, 5) is 0. The molecule has 1 unspecified atom stereocenters. The lowest BCUT2D eigenvalue weighted by atomic mass is 10.2. The van der Waals surface area contributed by atoms with Gasteiger partial charge in [0.05, 0.1) is 10.4 Å². The highest BCUT2D eigenvalue weighted by molar-refractivity contribution is 7.14. The second-order valence-corrected chi connectivity index (χ2v) is 3.62. The maximum absolute atomic E-state index is 5.74. The third-order valence-corrected chi connectivity index (χ3v) is 2.49. The molecule has 0 fully saturated rings. The second-order valence-electron chi connectivity index (χ2n) is 2.07. The number of terminal acetylenes is 1. The fourth-order valence-electron chi connectivity index (χ4n) is 0.821. The average molecular weight is 186 g/mol. The Morgan fingerprint density at radius 2 is 2.55 bits per heavy atom. The molecule has 1 N–H and O–H groups in total. The van der Waals surface area contributed by atoms with Crippen LogP contribution in [0.2, 0.25) is 4.34 Å². The normalized spacial score (nSPS) is 12.5. The van der Waals surface area contributed by atoms with Crippen molar-refractivity contribution >= 4 is 22.9 Å². The number of thiophene rings is 1. The minimum atomic E-state index is -0.0150. The Kier molecular flexibility index (Phi) is 2.95. The molecule has 0 radical (unpaired) electrons. The van der Waals surface area contributed by atoms with Crippen molar-refractivity contribution in [1.82, 2.24) is 5.32 Å². The predicted molar refractivity (Wildman–Crippen MR) is 50.0 cm³/mol. The summed E-state index contributed by atoms with van der Waals surface area (Å²) >= 11 is 7.23. The zero-order chi connectivity index (χ0) is 8.27. The predicted octanol–water partition coefficient (Wildman–Crippen LogP) is 2.30. The highest BCUT2D eigenvalue weighted by Crippen LogP contribution is 2.24. The number of hydrogen-bond acceptors (Lipinski definition) is 2. The van der Waals surface area contributed by atoms with Crippen molar-refractivity contribution in [1.29, 1.82) is 0 Å². The summed E-state index contributed by atoms with van der Waals surface area (Å²) < 4.78 is 0.774. The van der Waals surface area contributed by atoms with Crippen LogP contribution in [0.5, 0.6) is 0 Å². The van der Waals surface area contributed by atoms with Gasteiger partial charge in [-0.2, -0.15) is 0 Å². The minimum absolute atomic E-state index is 0.0150. The third kappa shape index (κ3) is 1.97. The van der Waals surface area contributed by atoms with E-state index in [2.05, 4.69) is 11.2 Å². The number of hydrogen-bond donors (Lipinski definition) is 1. The lowest BCUT2D eigenvalue weighted by Gasteiger charge is -2.04. The highest BCUT2D eigenvalue weighted by atomic mass is 35.5. The molecule has 1 atom stereocenters. The molecule has 1 heterocycles. The van der Waals surface area contributed by atoms with Crippen LogP contribution in [0, 0.1) is 12.3 Å². The van der Waals surface area contributed by atoms with Crippen LogP contribution in [0.25, 0.3) is 0 Å². The Bertz CT molecular complexity index is 274. The van der Waals surface area contributed by atoms with E-state index in [-0.39, 0.29) is 6.04 Å². The lowest BCUT2D eigenvalue weighted by Crippen LogP contribution is -2.12. The molecule has 0 bridgehead atoms. The van der Waals surface area contributed by atoms with Gasteiger partial charge in [-0.05, 0) is 24.1 Å². The Hall–Kier alpha value is -0.490. The van der Waals surface area contributed by atoms with Gasteiger partial charge in [-0.3, -0.25) is 0 Å². The van der Waals surface area contributed by atoms with E-state index in [4.69, 9.17) is 18.0 Å². The van der Waals surface area contributed by atoms with Gasteiger partial charge < -0.3 is 5.32 Å². The molecule has 0 aromatic carbocycles. The number of rotatable bonds is 2. The van der Waals surface area contributed by atoms with Crippen molar-refractivity contribution in [3.05, 3.63) is 21.3 Å². The van der Waals surface area contributed by atoms with E-state index < -0.39 is 0 Å². The van der Waals surface area contributed by atoms with Crippen molar-refractivity contribution in [3.8, 4) is 12.3 Å². The van der Waals surface area contributed by atoms with E-state index >= 15 is 0 Å². The lowest BCUT2D eigenvalue weighted by molar-refractivity contribution is 0.739. The van der Waals surface area contributed by atoms with Crippen LogP contribution in [0.15, 0.2) is 11.4 Å². The first-order valence-electron chi connectivity index (χ1n) is 3.15. The summed E-state index contributed by atoms with van der Waals surface area (Å²) in [5, 5.41) is 4.95. The van der Waals surface area contributed by atoms with Crippen LogP contribution >= 0.6 is 22.9 Å². The minimum Gasteiger partial charge on any atom is -0.303 e. The third-order valence-electron chi connectivity index (χ3n) is 1.38. The van der Waals surface area contributed by atoms with Crippen LogP contribution in [0.3, 0.4) is 0 Å². The summed E-state index contributed by atoms with van der Waals surface area (Å²) in [6.07, 6.45) is 5.27. The summed E-state index contributed by atoms with van der Waals surface area (Å²) in [7, 11) is 1.83. The van der Waals surface area contributed by atoms with Crippen LogP contribution in [0.4, 0.5) is 0 Å². The molecular formula is C8H8ClNS. The molecule has 1 aromatic rings. The smallest absolute Gasteiger partial charge is 0.0949 e. The van der Waals surface area contributed by atoms with Crippen LogP contribution in [0.1, 0.15) is 11.6 Å². The largest absolute Gasteiger partial charge is 0.303 e. The van der Waals surface area contributed by atoms with E-state index in [1.807, 2.05) is 18.5 Å². The molecular weight excluding hydrogens is 178 g/mol. The zero-order valence-electron chi connectivity index (χ0n) is 6.10. The second kappa shape index (κ2) is 3.77. The van der Waals surface area contributed by atoms with E-state index in [1.165, 1.54) is 11.3 Å². The molecule has 0 aliphatic heterocycles. The fraction of sp³-hybridized carbons (Fsp3) is 0.250. The molecule has 0 aliphatic rings. The van der Waals surface area contributed by atoms with E-state index in [9.17, 15) is 0 Å². The first kappa shape index (κ1) is 8.61. The molecule has 3 heteroatoms. The molecule has 0 amide bonds. The standard InChI is InChI=1S/C8H8ClNS/c1-3-7(10-2)6-4-8(9)11-5-6/h1,4-5,7,10H,2H3. The van der Waals surface area contributed by atoms with Gasteiger partial charge in [0.2, 0.25) is 0 Å². The van der Waals surface area contributed by atoms with Crippen LogP contribution in [-0.2, 0) is 0 Å². The number of nitrogens with one attached hydrogen (secondary N) is 1. The van der Waals surface area contributed by atoms with Crippen molar-refractivity contribution in [2.45, 2.75) is 6.04 Å². The molecule has 58 valence electrons. The van der Waals surface area contributed by atoms with E-state index in [0.717, 1.165) is 9.90 Å². The summed E-state index contributed by atoms with van der Waals surface area (Å²) in [6.45, 7) is 0. The van der Waals surface area contributed by atoms with Crippen molar-refractivity contribution < 1.29 is 0 Å². The Labute approximate surface area is 75.4 Å².